The Morgan fingerprint density at radius 3 is 2.89 bits per heavy atom. The molecule has 2 unspecified atom stereocenters. The number of ether oxygens (including phenoxy) is 1. The van der Waals surface area contributed by atoms with Gasteiger partial charge in [0.1, 0.15) is 5.75 Å². The average Bonchev–Trinajstić information content (AvgIpc) is 2.36. The normalized spacial score (nSPS) is 22.4. The van der Waals surface area contributed by atoms with Crippen molar-refractivity contribution < 1.29 is 14.6 Å². The second kappa shape index (κ2) is 5.40. The van der Waals surface area contributed by atoms with Crippen LogP contribution in [-0.4, -0.2) is 35.7 Å². The fourth-order valence-electron chi connectivity index (χ4n) is 2.61. The van der Waals surface area contributed by atoms with Gasteiger partial charge in [-0.15, -0.1) is 0 Å². The molecule has 1 aliphatic rings. The minimum atomic E-state index is -0.784. The lowest BCUT2D eigenvalue weighted by molar-refractivity contribution is -0.139. The standard InChI is InChI=1S/C14H19NO3/c1-3-15(8-13(16)17)14-10(2)9-18-12-7-5-4-6-11(12)14/h4-7,10,14H,3,8-9H2,1-2H3,(H,16,17). The van der Waals surface area contributed by atoms with Crippen LogP contribution in [0.2, 0.25) is 0 Å². The molecule has 0 saturated carbocycles. The quantitative estimate of drug-likeness (QED) is 0.888. The summed E-state index contributed by atoms with van der Waals surface area (Å²) in [7, 11) is 0. The van der Waals surface area contributed by atoms with Crippen LogP contribution in [0.5, 0.6) is 5.75 Å². The number of nitrogens with zero attached hydrogens (tertiary/aromatic N) is 1. The average molecular weight is 249 g/mol. The number of carbonyl (C=O) groups is 1. The van der Waals surface area contributed by atoms with Crippen LogP contribution >= 0.6 is 0 Å². The van der Waals surface area contributed by atoms with Crippen molar-refractivity contribution in [3.63, 3.8) is 0 Å². The van der Waals surface area contributed by atoms with E-state index in [1.165, 1.54) is 0 Å². The second-order valence-electron chi connectivity index (χ2n) is 4.73. The number of carboxylic acid groups (broad SMARTS) is 1. The lowest BCUT2D eigenvalue weighted by Crippen LogP contribution is -2.40. The van der Waals surface area contributed by atoms with Crippen LogP contribution in [0.15, 0.2) is 24.3 Å². The van der Waals surface area contributed by atoms with Crippen LogP contribution in [0.4, 0.5) is 0 Å². The summed E-state index contributed by atoms with van der Waals surface area (Å²) in [6, 6.07) is 8.01. The Morgan fingerprint density at radius 1 is 1.50 bits per heavy atom. The number of hydrogen-bond acceptors (Lipinski definition) is 3. The maximum absolute atomic E-state index is 11.0. The third kappa shape index (κ3) is 2.48. The monoisotopic (exact) mass is 249 g/mol. The molecule has 0 saturated heterocycles. The van der Waals surface area contributed by atoms with E-state index in [4.69, 9.17) is 9.84 Å². The number of likely N-dealkylation sites (N-methyl/N-ethyl adjacent to an activating group) is 1. The molecule has 1 aromatic carbocycles. The molecule has 98 valence electrons. The molecule has 2 rings (SSSR count). The SMILES string of the molecule is CCN(CC(=O)O)C1c2ccccc2OCC1C. The molecule has 0 aromatic heterocycles. The first-order chi connectivity index (χ1) is 8.63. The van der Waals surface area contributed by atoms with E-state index in [1.807, 2.05) is 36.1 Å². The number of fused-ring (bicyclic) bond motifs is 1. The van der Waals surface area contributed by atoms with Crippen molar-refractivity contribution in [2.45, 2.75) is 19.9 Å². The number of hydrogen-bond donors (Lipinski definition) is 1. The molecule has 18 heavy (non-hydrogen) atoms. The second-order valence-corrected chi connectivity index (χ2v) is 4.73. The third-order valence-corrected chi connectivity index (χ3v) is 3.42. The van der Waals surface area contributed by atoms with Crippen LogP contribution < -0.4 is 4.74 Å². The van der Waals surface area contributed by atoms with Gasteiger partial charge in [-0.05, 0) is 12.6 Å². The first-order valence-corrected chi connectivity index (χ1v) is 6.31. The smallest absolute Gasteiger partial charge is 0.317 e. The lowest BCUT2D eigenvalue weighted by atomic mass is 9.90. The molecule has 4 nitrogen and oxygen atoms in total. The zero-order valence-electron chi connectivity index (χ0n) is 10.8. The van der Waals surface area contributed by atoms with Gasteiger partial charge in [-0.1, -0.05) is 32.0 Å². The Kier molecular flexibility index (Phi) is 3.87. The van der Waals surface area contributed by atoms with E-state index in [1.54, 1.807) is 0 Å². The van der Waals surface area contributed by atoms with Gasteiger partial charge in [0.05, 0.1) is 13.2 Å². The Hall–Kier alpha value is -1.55. The minimum absolute atomic E-state index is 0.0693. The third-order valence-electron chi connectivity index (χ3n) is 3.42. The van der Waals surface area contributed by atoms with Crippen LogP contribution in [0, 0.1) is 5.92 Å². The Balaban J connectivity index is 2.32. The first kappa shape index (κ1) is 12.9. The maximum Gasteiger partial charge on any atom is 0.317 e. The van der Waals surface area contributed by atoms with Crippen molar-refractivity contribution in [2.24, 2.45) is 5.92 Å². The molecular formula is C14H19NO3. The molecule has 0 radical (unpaired) electrons. The van der Waals surface area contributed by atoms with Crippen molar-refractivity contribution in [3.05, 3.63) is 29.8 Å². The van der Waals surface area contributed by atoms with Gasteiger partial charge < -0.3 is 9.84 Å². The number of benzene rings is 1. The van der Waals surface area contributed by atoms with Gasteiger partial charge in [0.2, 0.25) is 0 Å². The summed E-state index contributed by atoms with van der Waals surface area (Å²) in [4.78, 5) is 13.0. The predicted octanol–water partition coefficient (Wildman–Crippen LogP) is 2.16. The highest BCUT2D eigenvalue weighted by atomic mass is 16.5. The van der Waals surface area contributed by atoms with Gasteiger partial charge in [0, 0.05) is 17.5 Å². The van der Waals surface area contributed by atoms with Crippen molar-refractivity contribution in [2.75, 3.05) is 19.7 Å². The summed E-state index contributed by atoms with van der Waals surface area (Å²) in [6.45, 7) is 5.52. The molecule has 4 heteroatoms. The van der Waals surface area contributed by atoms with Gasteiger partial charge in [-0.25, -0.2) is 0 Å². The van der Waals surface area contributed by atoms with Crippen LogP contribution in [0.1, 0.15) is 25.5 Å². The number of aliphatic carboxylic acids is 1. The molecule has 1 heterocycles. The molecule has 0 amide bonds. The van der Waals surface area contributed by atoms with E-state index in [2.05, 4.69) is 6.92 Å². The highest BCUT2D eigenvalue weighted by Crippen LogP contribution is 2.38. The highest BCUT2D eigenvalue weighted by Gasteiger charge is 2.32. The van der Waals surface area contributed by atoms with Crippen molar-refractivity contribution in [1.29, 1.82) is 0 Å². The summed E-state index contributed by atoms with van der Waals surface area (Å²) >= 11 is 0. The van der Waals surface area contributed by atoms with Crippen molar-refractivity contribution in [1.82, 2.24) is 4.90 Å². The molecule has 1 aromatic rings. The molecule has 2 atom stereocenters. The summed E-state index contributed by atoms with van der Waals surface area (Å²) in [5.74, 6) is 0.386. The summed E-state index contributed by atoms with van der Waals surface area (Å²) in [5, 5.41) is 9.01. The molecule has 1 N–H and O–H groups in total. The maximum atomic E-state index is 11.0. The lowest BCUT2D eigenvalue weighted by Gasteiger charge is -2.38. The molecule has 1 aliphatic heterocycles. The molecule has 0 fully saturated rings. The van der Waals surface area contributed by atoms with Crippen molar-refractivity contribution >= 4 is 5.97 Å². The highest BCUT2D eigenvalue weighted by molar-refractivity contribution is 5.69. The van der Waals surface area contributed by atoms with E-state index in [9.17, 15) is 4.79 Å². The Labute approximate surface area is 107 Å². The molecule has 0 spiro atoms. The first-order valence-electron chi connectivity index (χ1n) is 6.31. The van der Waals surface area contributed by atoms with E-state index in [0.29, 0.717) is 12.5 Å². The summed E-state index contributed by atoms with van der Waals surface area (Å²) < 4.78 is 5.69. The van der Waals surface area contributed by atoms with Gasteiger partial charge >= 0.3 is 5.97 Å². The van der Waals surface area contributed by atoms with Gasteiger partial charge in [0.15, 0.2) is 0 Å². The predicted molar refractivity (Wildman–Crippen MR) is 68.7 cm³/mol. The Bertz CT molecular complexity index is 433. The fourth-order valence-corrected chi connectivity index (χ4v) is 2.61. The van der Waals surface area contributed by atoms with E-state index < -0.39 is 5.97 Å². The number of para-hydroxylation sites is 1. The molecule has 0 aliphatic carbocycles. The number of rotatable bonds is 4. The Morgan fingerprint density at radius 2 is 2.22 bits per heavy atom. The van der Waals surface area contributed by atoms with E-state index in [0.717, 1.165) is 17.9 Å². The molecular weight excluding hydrogens is 230 g/mol. The van der Waals surface area contributed by atoms with Gasteiger partial charge in [-0.3, -0.25) is 9.69 Å². The largest absolute Gasteiger partial charge is 0.493 e. The van der Waals surface area contributed by atoms with Crippen LogP contribution in [0.25, 0.3) is 0 Å². The zero-order chi connectivity index (χ0) is 13.1. The van der Waals surface area contributed by atoms with Crippen LogP contribution in [0.3, 0.4) is 0 Å². The minimum Gasteiger partial charge on any atom is -0.493 e. The van der Waals surface area contributed by atoms with E-state index >= 15 is 0 Å². The zero-order valence-corrected chi connectivity index (χ0v) is 10.8. The van der Waals surface area contributed by atoms with Crippen molar-refractivity contribution in [3.8, 4) is 5.75 Å². The summed E-state index contributed by atoms with van der Waals surface area (Å²) in [5.41, 5.74) is 1.10. The summed E-state index contributed by atoms with van der Waals surface area (Å²) in [6.07, 6.45) is 0. The van der Waals surface area contributed by atoms with Gasteiger partial charge in [0.25, 0.3) is 0 Å². The topological polar surface area (TPSA) is 49.8 Å². The van der Waals surface area contributed by atoms with Gasteiger partial charge in [-0.2, -0.15) is 0 Å². The fraction of sp³-hybridized carbons (Fsp3) is 0.500. The van der Waals surface area contributed by atoms with Crippen LogP contribution in [-0.2, 0) is 4.79 Å². The molecule has 0 bridgehead atoms. The number of carboxylic acids is 1. The van der Waals surface area contributed by atoms with E-state index in [-0.39, 0.29) is 12.6 Å².